The van der Waals surface area contributed by atoms with Gasteiger partial charge in [-0.3, -0.25) is 4.57 Å². The van der Waals surface area contributed by atoms with Crippen molar-refractivity contribution in [3.63, 3.8) is 0 Å². The van der Waals surface area contributed by atoms with Crippen molar-refractivity contribution in [3.05, 3.63) is 23.0 Å². The first kappa shape index (κ1) is 9.91. The number of nitrogen functional groups attached to an aromatic ring is 1. The molecule has 0 radical (unpaired) electrons. The minimum Gasteiger partial charge on any atom is -0.368 e. The molecule has 7 heteroatoms. The van der Waals surface area contributed by atoms with Crippen LogP contribution in [0.3, 0.4) is 0 Å². The molecule has 2 rings (SSSR count). The Balaban J connectivity index is 2.12. The monoisotopic (exact) mass is 224 g/mol. The fourth-order valence-corrected chi connectivity index (χ4v) is 1.63. The van der Waals surface area contributed by atoms with Crippen LogP contribution in [0.2, 0.25) is 0 Å². The zero-order valence-electron chi connectivity index (χ0n) is 8.34. The molecule has 0 amide bonds. The first-order valence-corrected chi connectivity index (χ1v) is 4.96. The van der Waals surface area contributed by atoms with Crippen LogP contribution in [0.4, 0.5) is 5.95 Å². The van der Waals surface area contributed by atoms with Gasteiger partial charge in [-0.1, -0.05) is 0 Å². The lowest BCUT2D eigenvalue weighted by Crippen LogP contribution is -2.08. The molecular formula is C8H12N6S. The standard InChI is InChI=1S/C8H12N6S/c1-13-5-3-10-6(13)2-4-14-7(9)11-12-8(14)15/h3,5H,2,4H2,1H3,(H2,9,11)(H,12,15). The van der Waals surface area contributed by atoms with Crippen LogP contribution in [0, 0.1) is 4.77 Å². The molecule has 0 fully saturated rings. The number of aromatic nitrogens is 5. The van der Waals surface area contributed by atoms with Gasteiger partial charge >= 0.3 is 0 Å². The van der Waals surface area contributed by atoms with Crippen LogP contribution in [0.25, 0.3) is 0 Å². The summed E-state index contributed by atoms with van der Waals surface area (Å²) in [7, 11) is 1.96. The fourth-order valence-electron chi connectivity index (χ4n) is 1.40. The second-order valence-corrected chi connectivity index (χ2v) is 3.63. The van der Waals surface area contributed by atoms with Crippen LogP contribution in [0.15, 0.2) is 12.4 Å². The summed E-state index contributed by atoms with van der Waals surface area (Å²) >= 11 is 5.04. The normalized spacial score (nSPS) is 10.7. The number of nitrogens with zero attached hydrogens (tertiary/aromatic N) is 4. The van der Waals surface area contributed by atoms with E-state index >= 15 is 0 Å². The third-order valence-corrected chi connectivity index (χ3v) is 2.58. The summed E-state index contributed by atoms with van der Waals surface area (Å²) < 4.78 is 4.27. The third kappa shape index (κ3) is 1.91. The number of hydrogen-bond acceptors (Lipinski definition) is 4. The molecule has 0 saturated carbocycles. The highest BCUT2D eigenvalue weighted by Gasteiger charge is 2.04. The summed E-state index contributed by atoms with van der Waals surface area (Å²) in [4.78, 5) is 4.22. The van der Waals surface area contributed by atoms with Crippen molar-refractivity contribution in [2.24, 2.45) is 7.05 Å². The van der Waals surface area contributed by atoms with E-state index in [1.54, 1.807) is 10.8 Å². The predicted molar refractivity (Wildman–Crippen MR) is 58.7 cm³/mol. The lowest BCUT2D eigenvalue weighted by Gasteiger charge is -2.03. The van der Waals surface area contributed by atoms with Gasteiger partial charge in [0.2, 0.25) is 5.95 Å². The van der Waals surface area contributed by atoms with Gasteiger partial charge in [0.25, 0.3) is 0 Å². The molecule has 2 heterocycles. The molecule has 2 aromatic heterocycles. The molecule has 0 aliphatic carbocycles. The molecular weight excluding hydrogens is 212 g/mol. The lowest BCUT2D eigenvalue weighted by molar-refractivity contribution is 0.649. The van der Waals surface area contributed by atoms with E-state index < -0.39 is 0 Å². The highest BCUT2D eigenvalue weighted by atomic mass is 32.1. The molecule has 3 N–H and O–H groups in total. The number of aryl methyl sites for hydroxylation is 2. The maximum Gasteiger partial charge on any atom is 0.220 e. The SMILES string of the molecule is Cn1ccnc1CCn1c(N)n[nH]c1=S. The molecule has 0 aromatic carbocycles. The van der Waals surface area contributed by atoms with E-state index in [2.05, 4.69) is 15.2 Å². The Morgan fingerprint density at radius 3 is 2.93 bits per heavy atom. The van der Waals surface area contributed by atoms with Crippen LogP contribution < -0.4 is 5.73 Å². The predicted octanol–water partition coefficient (Wildman–Crippen LogP) is 0.499. The van der Waals surface area contributed by atoms with Gasteiger partial charge in [-0.25, -0.2) is 10.1 Å². The highest BCUT2D eigenvalue weighted by molar-refractivity contribution is 7.71. The Hall–Kier alpha value is -1.63. The Bertz CT molecular complexity index is 507. The summed E-state index contributed by atoms with van der Waals surface area (Å²) in [5.41, 5.74) is 5.65. The molecule has 0 aliphatic heterocycles. The van der Waals surface area contributed by atoms with E-state index in [9.17, 15) is 0 Å². The average molecular weight is 224 g/mol. The van der Waals surface area contributed by atoms with Crippen LogP contribution in [-0.4, -0.2) is 24.3 Å². The number of imidazole rings is 1. The molecule has 80 valence electrons. The molecule has 0 saturated heterocycles. The highest BCUT2D eigenvalue weighted by Crippen LogP contribution is 2.03. The molecule has 0 aliphatic rings. The molecule has 0 spiro atoms. The van der Waals surface area contributed by atoms with Gasteiger partial charge in [-0.2, -0.15) is 0 Å². The lowest BCUT2D eigenvalue weighted by atomic mass is 10.4. The Morgan fingerprint density at radius 1 is 1.60 bits per heavy atom. The Kier molecular flexibility index (Phi) is 2.55. The van der Waals surface area contributed by atoms with Crippen molar-refractivity contribution >= 4 is 18.2 Å². The minimum absolute atomic E-state index is 0.411. The molecule has 0 unspecified atom stereocenters. The molecule has 15 heavy (non-hydrogen) atoms. The van der Waals surface area contributed by atoms with E-state index in [0.717, 1.165) is 12.2 Å². The second-order valence-electron chi connectivity index (χ2n) is 3.24. The van der Waals surface area contributed by atoms with Gasteiger partial charge in [0.15, 0.2) is 4.77 Å². The quantitative estimate of drug-likeness (QED) is 0.744. The molecule has 6 nitrogen and oxygen atoms in total. The van der Waals surface area contributed by atoms with Crippen molar-refractivity contribution in [2.75, 3.05) is 5.73 Å². The number of nitrogens with two attached hydrogens (primary N) is 1. The molecule has 0 bridgehead atoms. The number of hydrogen-bond donors (Lipinski definition) is 2. The first-order chi connectivity index (χ1) is 7.18. The van der Waals surface area contributed by atoms with E-state index in [1.807, 2.05) is 17.8 Å². The van der Waals surface area contributed by atoms with Crippen molar-refractivity contribution in [2.45, 2.75) is 13.0 Å². The topological polar surface area (TPSA) is 77.4 Å². The van der Waals surface area contributed by atoms with Crippen molar-refractivity contribution < 1.29 is 0 Å². The number of rotatable bonds is 3. The van der Waals surface area contributed by atoms with E-state index in [-0.39, 0.29) is 0 Å². The van der Waals surface area contributed by atoms with E-state index in [1.165, 1.54) is 0 Å². The first-order valence-electron chi connectivity index (χ1n) is 4.55. The summed E-state index contributed by atoms with van der Waals surface area (Å²) in [5.74, 6) is 1.41. The van der Waals surface area contributed by atoms with Gasteiger partial charge in [-0.15, -0.1) is 5.10 Å². The Morgan fingerprint density at radius 2 is 2.40 bits per heavy atom. The molecule has 0 atom stereocenters. The van der Waals surface area contributed by atoms with Gasteiger partial charge in [0, 0.05) is 32.4 Å². The summed E-state index contributed by atoms with van der Waals surface area (Å²) in [6.45, 7) is 0.687. The smallest absolute Gasteiger partial charge is 0.220 e. The van der Waals surface area contributed by atoms with Gasteiger partial charge in [-0.05, 0) is 12.2 Å². The zero-order valence-corrected chi connectivity index (χ0v) is 9.16. The minimum atomic E-state index is 0.411. The van der Waals surface area contributed by atoms with Gasteiger partial charge in [0.1, 0.15) is 5.82 Å². The zero-order chi connectivity index (χ0) is 10.8. The number of aromatic amines is 1. The van der Waals surface area contributed by atoms with Crippen molar-refractivity contribution in [1.29, 1.82) is 0 Å². The molecule has 2 aromatic rings. The van der Waals surface area contributed by atoms with Crippen LogP contribution in [0.1, 0.15) is 5.82 Å². The number of anilines is 1. The maximum atomic E-state index is 5.65. The van der Waals surface area contributed by atoms with Gasteiger partial charge in [0.05, 0.1) is 0 Å². The van der Waals surface area contributed by atoms with Crippen LogP contribution >= 0.6 is 12.2 Å². The number of H-pyrrole nitrogens is 1. The van der Waals surface area contributed by atoms with Crippen LogP contribution in [-0.2, 0) is 20.0 Å². The van der Waals surface area contributed by atoms with Crippen molar-refractivity contribution in [1.82, 2.24) is 24.3 Å². The number of nitrogens with one attached hydrogen (secondary N) is 1. The largest absolute Gasteiger partial charge is 0.368 e. The Labute approximate surface area is 91.7 Å². The second kappa shape index (κ2) is 3.85. The summed E-state index contributed by atoms with van der Waals surface area (Å²) in [6.07, 6.45) is 4.46. The summed E-state index contributed by atoms with van der Waals surface area (Å²) in [6, 6.07) is 0. The maximum absolute atomic E-state index is 5.65. The average Bonchev–Trinajstić information content (AvgIpc) is 2.73. The van der Waals surface area contributed by atoms with E-state index in [4.69, 9.17) is 18.0 Å². The van der Waals surface area contributed by atoms with E-state index in [0.29, 0.717) is 17.3 Å². The fraction of sp³-hybridized carbons (Fsp3) is 0.375. The summed E-state index contributed by atoms with van der Waals surface area (Å²) in [5, 5.41) is 6.48. The third-order valence-electron chi connectivity index (χ3n) is 2.27. The van der Waals surface area contributed by atoms with Gasteiger partial charge < -0.3 is 10.3 Å². The van der Waals surface area contributed by atoms with Crippen LogP contribution in [0.5, 0.6) is 0 Å². The van der Waals surface area contributed by atoms with Crippen molar-refractivity contribution in [3.8, 4) is 0 Å².